The molecule has 1 aromatic heterocycles. The van der Waals surface area contributed by atoms with Crippen molar-refractivity contribution < 1.29 is 4.79 Å². The van der Waals surface area contributed by atoms with Crippen molar-refractivity contribution in [3.05, 3.63) is 34.7 Å². The molecule has 0 fully saturated rings. The van der Waals surface area contributed by atoms with Gasteiger partial charge in [-0.15, -0.1) is 0 Å². The molecule has 1 amide bonds. The molecule has 0 radical (unpaired) electrons. The van der Waals surface area contributed by atoms with E-state index >= 15 is 0 Å². The van der Waals surface area contributed by atoms with Crippen molar-refractivity contribution in [1.82, 2.24) is 15.3 Å². The molecule has 0 saturated heterocycles. The van der Waals surface area contributed by atoms with Gasteiger partial charge in [-0.05, 0) is 5.53 Å². The van der Waals surface area contributed by atoms with Gasteiger partial charge in [-0.1, -0.05) is 5.11 Å². The van der Waals surface area contributed by atoms with Crippen molar-refractivity contribution in [2.24, 2.45) is 5.11 Å². The summed E-state index contributed by atoms with van der Waals surface area (Å²) in [6.07, 6.45) is 4.17. The van der Waals surface area contributed by atoms with Crippen LogP contribution in [0.1, 0.15) is 10.4 Å². The third kappa shape index (κ3) is 3.08. The zero-order chi connectivity index (χ0) is 10.2. The van der Waals surface area contributed by atoms with Gasteiger partial charge >= 0.3 is 0 Å². The predicted octanol–water partition coefficient (Wildman–Crippen LogP) is 0.517. The maximum absolute atomic E-state index is 11.3. The topological polar surface area (TPSA) is 104 Å². The molecule has 0 aromatic carbocycles. The van der Waals surface area contributed by atoms with Crippen LogP contribution < -0.4 is 5.32 Å². The van der Waals surface area contributed by atoms with Gasteiger partial charge < -0.3 is 5.32 Å². The minimum atomic E-state index is -0.279. The van der Waals surface area contributed by atoms with Gasteiger partial charge in [0.25, 0.3) is 5.91 Å². The Hall–Kier alpha value is -2.14. The maximum Gasteiger partial charge on any atom is 0.254 e. The van der Waals surface area contributed by atoms with Crippen molar-refractivity contribution in [2.45, 2.75) is 0 Å². The Labute approximate surface area is 79.8 Å². The highest BCUT2D eigenvalue weighted by molar-refractivity contribution is 5.93. The van der Waals surface area contributed by atoms with Gasteiger partial charge in [0.2, 0.25) is 0 Å². The van der Waals surface area contributed by atoms with Gasteiger partial charge in [-0.25, -0.2) is 9.97 Å². The van der Waals surface area contributed by atoms with E-state index in [1.54, 1.807) is 0 Å². The molecular weight excluding hydrogens is 184 g/mol. The van der Waals surface area contributed by atoms with E-state index in [1.807, 2.05) is 0 Å². The van der Waals surface area contributed by atoms with Crippen LogP contribution >= 0.6 is 0 Å². The Kier molecular flexibility index (Phi) is 3.90. The Balaban J connectivity index is 2.40. The highest BCUT2D eigenvalue weighted by Gasteiger charge is 2.03. The molecule has 14 heavy (non-hydrogen) atoms. The van der Waals surface area contributed by atoms with E-state index < -0.39 is 0 Å². The largest absolute Gasteiger partial charge is 0.352 e. The van der Waals surface area contributed by atoms with Gasteiger partial charge in [-0.2, -0.15) is 0 Å². The Bertz CT molecular complexity index is 344. The Morgan fingerprint density at radius 3 is 2.93 bits per heavy atom. The van der Waals surface area contributed by atoms with E-state index in [4.69, 9.17) is 5.53 Å². The van der Waals surface area contributed by atoms with Crippen LogP contribution in [0.2, 0.25) is 0 Å². The molecule has 0 unspecified atom stereocenters. The van der Waals surface area contributed by atoms with Crippen LogP contribution in [0.5, 0.6) is 0 Å². The zero-order valence-corrected chi connectivity index (χ0v) is 7.29. The summed E-state index contributed by atoms with van der Waals surface area (Å²) in [4.78, 5) is 21.2. The highest BCUT2D eigenvalue weighted by Crippen LogP contribution is 1.91. The molecule has 0 spiro atoms. The van der Waals surface area contributed by atoms with Gasteiger partial charge in [0.05, 0.1) is 5.56 Å². The first-order valence-corrected chi connectivity index (χ1v) is 3.88. The third-order valence-corrected chi connectivity index (χ3v) is 1.38. The summed E-state index contributed by atoms with van der Waals surface area (Å²) in [7, 11) is 0. The van der Waals surface area contributed by atoms with Gasteiger partial charge in [0.1, 0.15) is 6.33 Å². The van der Waals surface area contributed by atoms with E-state index in [0.717, 1.165) is 0 Å². The normalized spacial score (nSPS) is 8.86. The lowest BCUT2D eigenvalue weighted by Crippen LogP contribution is -2.26. The number of hydrogen-bond donors (Lipinski definition) is 1. The second-order valence-electron chi connectivity index (χ2n) is 2.34. The molecule has 7 heteroatoms. The average molecular weight is 192 g/mol. The van der Waals surface area contributed by atoms with E-state index in [1.165, 1.54) is 18.7 Å². The lowest BCUT2D eigenvalue weighted by molar-refractivity contribution is 0.0954. The molecule has 0 saturated carbocycles. The third-order valence-electron chi connectivity index (χ3n) is 1.38. The van der Waals surface area contributed by atoms with Crippen LogP contribution in [0.15, 0.2) is 23.8 Å². The summed E-state index contributed by atoms with van der Waals surface area (Å²) in [5, 5.41) is 5.82. The van der Waals surface area contributed by atoms with Crippen LogP contribution in [-0.2, 0) is 0 Å². The van der Waals surface area contributed by atoms with Crippen molar-refractivity contribution in [3.63, 3.8) is 0 Å². The SMILES string of the molecule is [N-]=[N+]=NCCNC(=O)c1cncnc1. The first-order valence-electron chi connectivity index (χ1n) is 3.88. The average Bonchev–Trinajstić information content (AvgIpc) is 2.25. The van der Waals surface area contributed by atoms with Crippen LogP contribution in [0, 0.1) is 0 Å². The first-order chi connectivity index (χ1) is 6.84. The first kappa shape index (κ1) is 9.94. The molecule has 7 nitrogen and oxygen atoms in total. The number of nitrogens with one attached hydrogen (secondary N) is 1. The molecule has 72 valence electrons. The summed E-state index contributed by atoms with van der Waals surface area (Å²) >= 11 is 0. The Morgan fingerprint density at radius 1 is 1.57 bits per heavy atom. The number of azide groups is 1. The molecule has 1 N–H and O–H groups in total. The van der Waals surface area contributed by atoms with E-state index in [-0.39, 0.29) is 12.5 Å². The molecule has 0 aliphatic heterocycles. The van der Waals surface area contributed by atoms with Crippen LogP contribution in [-0.4, -0.2) is 29.0 Å². The number of aromatic nitrogens is 2. The van der Waals surface area contributed by atoms with E-state index in [9.17, 15) is 4.79 Å². The number of hydrogen-bond acceptors (Lipinski definition) is 4. The summed E-state index contributed by atoms with van der Waals surface area (Å²) in [6.45, 7) is 0.535. The fourth-order valence-corrected chi connectivity index (χ4v) is 0.783. The van der Waals surface area contributed by atoms with Crippen molar-refractivity contribution in [1.29, 1.82) is 0 Å². The molecule has 0 aliphatic carbocycles. The second-order valence-corrected chi connectivity index (χ2v) is 2.34. The van der Waals surface area contributed by atoms with Gasteiger partial charge in [0.15, 0.2) is 0 Å². The molecule has 1 aromatic rings. The summed E-state index contributed by atoms with van der Waals surface area (Å²) in [6, 6.07) is 0. The molecule has 0 atom stereocenters. The number of nitrogens with zero attached hydrogens (tertiary/aromatic N) is 5. The summed E-state index contributed by atoms with van der Waals surface area (Å²) < 4.78 is 0. The lowest BCUT2D eigenvalue weighted by atomic mass is 10.3. The molecule has 0 aliphatic rings. The number of amides is 1. The molecule has 1 rings (SSSR count). The zero-order valence-electron chi connectivity index (χ0n) is 7.29. The predicted molar refractivity (Wildman–Crippen MR) is 48.4 cm³/mol. The second kappa shape index (κ2) is 5.50. The quantitative estimate of drug-likeness (QED) is 0.325. The summed E-state index contributed by atoms with van der Waals surface area (Å²) in [5.74, 6) is -0.279. The van der Waals surface area contributed by atoms with Crippen molar-refractivity contribution in [3.8, 4) is 0 Å². The minimum absolute atomic E-state index is 0.232. The maximum atomic E-state index is 11.3. The molecular formula is C7H8N6O. The highest BCUT2D eigenvalue weighted by atomic mass is 16.1. The van der Waals surface area contributed by atoms with Crippen molar-refractivity contribution in [2.75, 3.05) is 13.1 Å². The summed E-state index contributed by atoms with van der Waals surface area (Å²) in [5.41, 5.74) is 8.36. The van der Waals surface area contributed by atoms with Crippen LogP contribution in [0.4, 0.5) is 0 Å². The standard InChI is InChI=1S/C7H8N6O/c8-13-12-2-1-11-7(14)6-3-9-5-10-4-6/h3-5H,1-2H2,(H,11,14). The smallest absolute Gasteiger partial charge is 0.254 e. The number of rotatable bonds is 4. The van der Waals surface area contributed by atoms with Gasteiger partial charge in [0, 0.05) is 30.4 Å². The lowest BCUT2D eigenvalue weighted by Gasteiger charge is -2.00. The monoisotopic (exact) mass is 192 g/mol. The minimum Gasteiger partial charge on any atom is -0.352 e. The van der Waals surface area contributed by atoms with Crippen LogP contribution in [0.3, 0.4) is 0 Å². The van der Waals surface area contributed by atoms with E-state index in [2.05, 4.69) is 25.3 Å². The van der Waals surface area contributed by atoms with Gasteiger partial charge in [-0.3, -0.25) is 4.79 Å². The van der Waals surface area contributed by atoms with Crippen molar-refractivity contribution >= 4 is 5.91 Å². The van der Waals surface area contributed by atoms with E-state index in [0.29, 0.717) is 12.1 Å². The fourth-order valence-electron chi connectivity index (χ4n) is 0.783. The number of carbonyl (C=O) groups is 1. The molecule has 1 heterocycles. The molecule has 0 bridgehead atoms. The Morgan fingerprint density at radius 2 is 2.29 bits per heavy atom. The van der Waals surface area contributed by atoms with Crippen LogP contribution in [0.25, 0.3) is 10.4 Å². The fraction of sp³-hybridized carbons (Fsp3) is 0.286. The number of carbonyl (C=O) groups excluding carboxylic acids is 1.